The minimum Gasteiger partial charge on any atom is -0.461 e. The number of aliphatic hydroxyl groups is 1. The molecular formula is C15H16F3NO3. The molecule has 4 nitrogen and oxygen atoms in total. The summed E-state index contributed by atoms with van der Waals surface area (Å²) in [6, 6.07) is 3.75. The van der Waals surface area contributed by atoms with Crippen molar-refractivity contribution in [3.8, 4) is 0 Å². The first-order valence-electron chi connectivity index (χ1n) is 6.77. The number of ether oxygens (including phenoxy) is 1. The molecule has 1 N–H and O–H groups in total. The third kappa shape index (κ3) is 2.94. The van der Waals surface area contributed by atoms with Crippen LogP contribution < -0.4 is 0 Å². The Morgan fingerprint density at radius 3 is 2.55 bits per heavy atom. The summed E-state index contributed by atoms with van der Waals surface area (Å²) < 4.78 is 46.0. The van der Waals surface area contributed by atoms with E-state index >= 15 is 0 Å². The van der Waals surface area contributed by atoms with Gasteiger partial charge >= 0.3 is 12.1 Å². The molecule has 1 heterocycles. The number of aromatic nitrogens is 1. The number of halogens is 3. The number of fused-ring (bicyclic) bond motifs is 1. The third-order valence-corrected chi connectivity index (χ3v) is 3.41. The molecule has 0 unspecified atom stereocenters. The van der Waals surface area contributed by atoms with Crippen molar-refractivity contribution in [2.75, 3.05) is 13.2 Å². The van der Waals surface area contributed by atoms with E-state index in [2.05, 4.69) is 0 Å². The van der Waals surface area contributed by atoms with Crippen molar-refractivity contribution in [1.29, 1.82) is 0 Å². The number of aliphatic hydroxyl groups excluding tert-OH is 1. The fourth-order valence-electron chi connectivity index (χ4n) is 2.40. The van der Waals surface area contributed by atoms with Crippen LogP contribution in [0.25, 0.3) is 10.9 Å². The second kappa shape index (κ2) is 6.00. The topological polar surface area (TPSA) is 51.5 Å². The van der Waals surface area contributed by atoms with E-state index in [0.29, 0.717) is 5.56 Å². The van der Waals surface area contributed by atoms with E-state index in [1.165, 1.54) is 17.7 Å². The highest BCUT2D eigenvalue weighted by molar-refractivity contribution is 5.97. The molecule has 2 rings (SSSR count). The average Bonchev–Trinajstić information content (AvgIpc) is 2.75. The first-order chi connectivity index (χ1) is 10.3. The number of hydrogen-bond acceptors (Lipinski definition) is 3. The molecule has 1 aromatic carbocycles. The van der Waals surface area contributed by atoms with Crippen LogP contribution in [0.2, 0.25) is 0 Å². The molecule has 0 radical (unpaired) electrons. The molecular weight excluding hydrogens is 299 g/mol. The second-order valence-electron chi connectivity index (χ2n) is 4.86. The maximum Gasteiger partial charge on any atom is 0.417 e. The summed E-state index contributed by atoms with van der Waals surface area (Å²) in [5.41, 5.74) is -0.122. The van der Waals surface area contributed by atoms with Gasteiger partial charge in [-0.1, -0.05) is 0 Å². The lowest BCUT2D eigenvalue weighted by Crippen LogP contribution is -2.09. The molecule has 1 aromatic heterocycles. The van der Waals surface area contributed by atoms with E-state index in [9.17, 15) is 18.0 Å². The Morgan fingerprint density at radius 1 is 1.32 bits per heavy atom. The van der Waals surface area contributed by atoms with E-state index in [0.717, 1.165) is 6.07 Å². The number of rotatable bonds is 4. The van der Waals surface area contributed by atoms with Crippen molar-refractivity contribution >= 4 is 16.9 Å². The molecule has 0 aliphatic rings. The maximum atomic E-state index is 13.2. The van der Waals surface area contributed by atoms with Gasteiger partial charge in [-0.3, -0.25) is 0 Å². The van der Waals surface area contributed by atoms with Gasteiger partial charge in [0.15, 0.2) is 0 Å². The molecule has 0 spiro atoms. The van der Waals surface area contributed by atoms with Crippen LogP contribution in [0, 0.1) is 0 Å². The molecule has 7 heteroatoms. The summed E-state index contributed by atoms with van der Waals surface area (Å²) >= 11 is 0. The predicted molar refractivity (Wildman–Crippen MR) is 74.7 cm³/mol. The number of esters is 1. The molecule has 0 amide bonds. The predicted octanol–water partition coefficient (Wildman–Crippen LogP) is 2.91. The van der Waals surface area contributed by atoms with Crippen LogP contribution in [0.3, 0.4) is 0 Å². The first-order valence-corrected chi connectivity index (χ1v) is 6.77. The molecule has 0 atom stereocenters. The largest absolute Gasteiger partial charge is 0.461 e. The van der Waals surface area contributed by atoms with Crippen molar-refractivity contribution < 1.29 is 27.8 Å². The average molecular weight is 315 g/mol. The summed E-state index contributed by atoms with van der Waals surface area (Å²) in [5, 5.41) is 8.90. The SMILES string of the molecule is CCOC(=O)c1cc2c(C(F)(F)F)cc(CCO)cc2n1C. The van der Waals surface area contributed by atoms with Gasteiger partial charge in [-0.25, -0.2) is 4.79 Å². The number of hydrogen-bond donors (Lipinski definition) is 1. The van der Waals surface area contributed by atoms with Gasteiger partial charge in [0, 0.05) is 24.6 Å². The van der Waals surface area contributed by atoms with Crippen LogP contribution >= 0.6 is 0 Å². The summed E-state index contributed by atoms with van der Waals surface area (Å²) in [7, 11) is 1.51. The fourth-order valence-corrected chi connectivity index (χ4v) is 2.40. The Hall–Kier alpha value is -2.02. The molecule has 0 bridgehead atoms. The first kappa shape index (κ1) is 16.4. The minimum absolute atomic E-state index is 0.0558. The number of nitrogens with zero attached hydrogens (tertiary/aromatic N) is 1. The lowest BCUT2D eigenvalue weighted by molar-refractivity contribution is -0.136. The maximum absolute atomic E-state index is 13.2. The van der Waals surface area contributed by atoms with Crippen molar-refractivity contribution in [1.82, 2.24) is 4.57 Å². The van der Waals surface area contributed by atoms with Crippen molar-refractivity contribution in [2.45, 2.75) is 19.5 Å². The lowest BCUT2D eigenvalue weighted by atomic mass is 10.0. The normalized spacial score (nSPS) is 11.9. The van der Waals surface area contributed by atoms with Gasteiger partial charge in [0.05, 0.1) is 12.2 Å². The zero-order chi connectivity index (χ0) is 16.5. The van der Waals surface area contributed by atoms with Crippen LogP contribution in [0.4, 0.5) is 13.2 Å². The Bertz CT molecular complexity index is 704. The highest BCUT2D eigenvalue weighted by Gasteiger charge is 2.34. The minimum atomic E-state index is -4.54. The lowest BCUT2D eigenvalue weighted by Gasteiger charge is -2.11. The third-order valence-electron chi connectivity index (χ3n) is 3.41. The van der Waals surface area contributed by atoms with Crippen LogP contribution in [-0.2, 0) is 24.4 Å². The quantitative estimate of drug-likeness (QED) is 0.883. The number of carbonyl (C=O) groups excluding carboxylic acids is 1. The van der Waals surface area contributed by atoms with Crippen molar-refractivity contribution in [3.05, 3.63) is 35.0 Å². The fraction of sp³-hybridized carbons (Fsp3) is 0.400. The molecule has 0 fully saturated rings. The van der Waals surface area contributed by atoms with Crippen LogP contribution in [-0.4, -0.2) is 28.9 Å². The molecule has 22 heavy (non-hydrogen) atoms. The van der Waals surface area contributed by atoms with Gasteiger partial charge < -0.3 is 14.4 Å². The standard InChI is InChI=1S/C15H16F3NO3/c1-3-22-14(21)13-8-10-11(15(16,17)18)6-9(4-5-20)7-12(10)19(13)2/h6-8,20H,3-5H2,1-2H3. The Balaban J connectivity index is 2.71. The van der Waals surface area contributed by atoms with Crippen LogP contribution in [0.15, 0.2) is 18.2 Å². The summed E-state index contributed by atoms with van der Waals surface area (Å²) in [4.78, 5) is 11.8. The zero-order valence-corrected chi connectivity index (χ0v) is 12.2. The Labute approximate surface area is 125 Å². The molecule has 0 aliphatic heterocycles. The summed E-state index contributed by atoms with van der Waals surface area (Å²) in [5.74, 6) is -0.668. The Morgan fingerprint density at radius 2 is 2.00 bits per heavy atom. The van der Waals surface area contributed by atoms with E-state index in [-0.39, 0.29) is 36.2 Å². The van der Waals surface area contributed by atoms with E-state index in [1.54, 1.807) is 13.0 Å². The molecule has 0 aliphatic carbocycles. The smallest absolute Gasteiger partial charge is 0.417 e. The van der Waals surface area contributed by atoms with Gasteiger partial charge in [0.2, 0.25) is 0 Å². The Kier molecular flexibility index (Phi) is 4.46. The number of aryl methyl sites for hydroxylation is 1. The van der Waals surface area contributed by atoms with Gasteiger partial charge in [0.1, 0.15) is 5.69 Å². The van der Waals surface area contributed by atoms with E-state index in [4.69, 9.17) is 9.84 Å². The monoisotopic (exact) mass is 315 g/mol. The molecule has 2 aromatic rings. The number of carbonyl (C=O) groups is 1. The van der Waals surface area contributed by atoms with E-state index in [1.807, 2.05) is 0 Å². The van der Waals surface area contributed by atoms with Gasteiger partial charge in [-0.05, 0) is 37.1 Å². The zero-order valence-electron chi connectivity index (χ0n) is 12.2. The van der Waals surface area contributed by atoms with Gasteiger partial charge in [-0.15, -0.1) is 0 Å². The van der Waals surface area contributed by atoms with Gasteiger partial charge in [0.25, 0.3) is 0 Å². The number of alkyl halides is 3. The van der Waals surface area contributed by atoms with E-state index < -0.39 is 17.7 Å². The van der Waals surface area contributed by atoms with Crippen molar-refractivity contribution in [2.24, 2.45) is 7.05 Å². The highest BCUT2D eigenvalue weighted by Crippen LogP contribution is 2.37. The van der Waals surface area contributed by atoms with Crippen LogP contribution in [0.1, 0.15) is 28.5 Å². The molecule has 120 valence electrons. The summed E-state index contributed by atoms with van der Waals surface area (Å²) in [6.07, 6.45) is -4.43. The summed E-state index contributed by atoms with van der Waals surface area (Å²) in [6.45, 7) is 1.52. The highest BCUT2D eigenvalue weighted by atomic mass is 19.4. The molecule has 0 saturated carbocycles. The van der Waals surface area contributed by atoms with Crippen LogP contribution in [0.5, 0.6) is 0 Å². The van der Waals surface area contributed by atoms with Crippen molar-refractivity contribution in [3.63, 3.8) is 0 Å². The second-order valence-corrected chi connectivity index (χ2v) is 4.86. The number of benzene rings is 1. The van der Waals surface area contributed by atoms with Gasteiger partial charge in [-0.2, -0.15) is 13.2 Å². The molecule has 0 saturated heterocycles.